The van der Waals surface area contributed by atoms with Crippen LogP contribution in [0.3, 0.4) is 0 Å². The second-order valence-electron chi connectivity index (χ2n) is 3.92. The third-order valence-electron chi connectivity index (χ3n) is 2.71. The summed E-state index contributed by atoms with van der Waals surface area (Å²) in [5.74, 6) is -0.131. The van der Waals surface area contributed by atoms with E-state index in [1.165, 1.54) is 0 Å². The molecule has 0 aromatic rings. The van der Waals surface area contributed by atoms with Gasteiger partial charge < -0.3 is 20.5 Å². The predicted molar refractivity (Wildman–Crippen MR) is 58.8 cm³/mol. The lowest BCUT2D eigenvalue weighted by molar-refractivity contribution is -0.132. The van der Waals surface area contributed by atoms with Crippen LogP contribution in [0.5, 0.6) is 0 Å². The van der Waals surface area contributed by atoms with Crippen LogP contribution in [0.25, 0.3) is 0 Å². The van der Waals surface area contributed by atoms with Gasteiger partial charge in [-0.3, -0.25) is 0 Å². The van der Waals surface area contributed by atoms with E-state index < -0.39 is 5.97 Å². The van der Waals surface area contributed by atoms with Crippen molar-refractivity contribution < 1.29 is 14.6 Å². The van der Waals surface area contributed by atoms with E-state index in [1.807, 2.05) is 0 Å². The zero-order valence-electron chi connectivity index (χ0n) is 9.03. The Morgan fingerprint density at radius 1 is 1.69 bits per heavy atom. The van der Waals surface area contributed by atoms with Crippen LogP contribution in [0.1, 0.15) is 12.8 Å². The molecule has 2 aliphatic rings. The zero-order chi connectivity index (χ0) is 11.4. The van der Waals surface area contributed by atoms with Crippen molar-refractivity contribution in [3.63, 3.8) is 0 Å². The van der Waals surface area contributed by atoms with Gasteiger partial charge in [0, 0.05) is 19.7 Å². The average molecular weight is 224 g/mol. The monoisotopic (exact) mass is 224 g/mol. The largest absolute Gasteiger partial charge is 0.478 e. The minimum Gasteiger partial charge on any atom is -0.478 e. The molecule has 0 aliphatic carbocycles. The maximum absolute atomic E-state index is 10.8. The zero-order valence-corrected chi connectivity index (χ0v) is 9.03. The van der Waals surface area contributed by atoms with E-state index >= 15 is 0 Å². The molecule has 0 amide bonds. The topological polar surface area (TPSA) is 70.6 Å². The second-order valence-corrected chi connectivity index (χ2v) is 3.92. The smallest absolute Gasteiger partial charge is 0.335 e. The van der Waals surface area contributed by atoms with Gasteiger partial charge in [-0.25, -0.2) is 4.79 Å². The Balaban J connectivity index is 1.84. The average Bonchev–Trinajstić information content (AvgIpc) is 2.79. The molecule has 0 aromatic carbocycles. The van der Waals surface area contributed by atoms with E-state index in [0.29, 0.717) is 12.1 Å². The van der Waals surface area contributed by atoms with Crippen LogP contribution in [0.15, 0.2) is 23.5 Å². The number of carboxylic acids is 1. The quantitative estimate of drug-likeness (QED) is 0.637. The molecule has 0 aromatic heterocycles. The summed E-state index contributed by atoms with van der Waals surface area (Å²) in [7, 11) is 0. The molecule has 2 rings (SSSR count). The highest BCUT2D eigenvalue weighted by molar-refractivity contribution is 5.90. The number of dihydropyridines is 1. The molecule has 2 aliphatic heterocycles. The Morgan fingerprint density at radius 2 is 2.56 bits per heavy atom. The lowest BCUT2D eigenvalue weighted by Crippen LogP contribution is -2.34. The van der Waals surface area contributed by atoms with Crippen LogP contribution in [-0.4, -0.2) is 36.9 Å². The van der Waals surface area contributed by atoms with Gasteiger partial charge in [0.05, 0.1) is 17.5 Å². The minimum absolute atomic E-state index is 0.252. The fraction of sp³-hybridized carbons (Fsp3) is 0.545. The summed E-state index contributed by atoms with van der Waals surface area (Å²) in [6.45, 7) is 2.11. The SMILES string of the molecule is O=C(O)C1=CCNC(NC[C@H]2CCCO2)=C1. The summed E-state index contributed by atoms with van der Waals surface area (Å²) in [6, 6.07) is 0. The molecule has 3 N–H and O–H groups in total. The summed E-state index contributed by atoms with van der Waals surface area (Å²) in [5, 5.41) is 15.1. The Morgan fingerprint density at radius 3 is 3.25 bits per heavy atom. The van der Waals surface area contributed by atoms with Gasteiger partial charge in [-0.1, -0.05) is 6.08 Å². The third-order valence-corrected chi connectivity index (χ3v) is 2.71. The van der Waals surface area contributed by atoms with Gasteiger partial charge in [-0.05, 0) is 18.9 Å². The van der Waals surface area contributed by atoms with Gasteiger partial charge >= 0.3 is 5.97 Å². The normalized spacial score (nSPS) is 24.4. The first kappa shape index (κ1) is 11.0. The standard InChI is InChI=1S/C11H16N2O3/c14-11(15)8-3-4-12-10(6-8)13-7-9-2-1-5-16-9/h3,6,9,12-13H,1-2,4-5,7H2,(H,14,15)/t9-/m1/s1. The molecule has 0 unspecified atom stereocenters. The number of carboxylic acid groups (broad SMARTS) is 1. The summed E-state index contributed by atoms with van der Waals surface area (Å²) < 4.78 is 5.47. The molecule has 2 heterocycles. The summed E-state index contributed by atoms with van der Waals surface area (Å²) in [6.07, 6.45) is 5.70. The fourth-order valence-corrected chi connectivity index (χ4v) is 1.83. The number of nitrogens with one attached hydrogen (secondary N) is 2. The molecule has 5 heteroatoms. The Kier molecular flexibility index (Phi) is 3.46. The molecule has 1 fully saturated rings. The van der Waals surface area contributed by atoms with E-state index in [2.05, 4.69) is 10.6 Å². The van der Waals surface area contributed by atoms with Crippen molar-refractivity contribution in [2.45, 2.75) is 18.9 Å². The highest BCUT2D eigenvalue weighted by Crippen LogP contribution is 2.11. The number of aliphatic carboxylic acids is 1. The molecule has 1 atom stereocenters. The Labute approximate surface area is 94.2 Å². The lowest BCUT2D eigenvalue weighted by atomic mass is 10.2. The molecule has 0 radical (unpaired) electrons. The van der Waals surface area contributed by atoms with E-state index in [1.54, 1.807) is 12.2 Å². The van der Waals surface area contributed by atoms with Crippen molar-refractivity contribution in [1.82, 2.24) is 10.6 Å². The van der Waals surface area contributed by atoms with E-state index in [0.717, 1.165) is 31.8 Å². The molecule has 1 saturated heterocycles. The van der Waals surface area contributed by atoms with Crippen molar-refractivity contribution in [3.8, 4) is 0 Å². The highest BCUT2D eigenvalue weighted by Gasteiger charge is 2.16. The minimum atomic E-state index is -0.891. The van der Waals surface area contributed by atoms with Gasteiger partial charge in [-0.2, -0.15) is 0 Å². The number of ether oxygens (including phenoxy) is 1. The summed E-state index contributed by atoms with van der Waals surface area (Å²) in [4.78, 5) is 10.8. The van der Waals surface area contributed by atoms with E-state index in [-0.39, 0.29) is 6.10 Å². The van der Waals surface area contributed by atoms with Gasteiger partial charge in [0.25, 0.3) is 0 Å². The summed E-state index contributed by atoms with van der Waals surface area (Å²) in [5.41, 5.74) is 0.327. The third kappa shape index (κ3) is 2.76. The van der Waals surface area contributed by atoms with E-state index in [4.69, 9.17) is 9.84 Å². The fourth-order valence-electron chi connectivity index (χ4n) is 1.83. The molecule has 0 saturated carbocycles. The maximum Gasteiger partial charge on any atom is 0.335 e. The number of hydrogen-bond acceptors (Lipinski definition) is 4. The van der Waals surface area contributed by atoms with Crippen LogP contribution >= 0.6 is 0 Å². The lowest BCUT2D eigenvalue weighted by Gasteiger charge is -2.18. The van der Waals surface area contributed by atoms with Gasteiger partial charge in [-0.15, -0.1) is 0 Å². The summed E-state index contributed by atoms with van der Waals surface area (Å²) >= 11 is 0. The maximum atomic E-state index is 10.8. The van der Waals surface area contributed by atoms with Crippen molar-refractivity contribution >= 4 is 5.97 Å². The number of carbonyl (C=O) groups is 1. The first-order chi connectivity index (χ1) is 7.75. The van der Waals surface area contributed by atoms with Crippen molar-refractivity contribution in [3.05, 3.63) is 23.5 Å². The molecule has 88 valence electrons. The Hall–Kier alpha value is -1.49. The van der Waals surface area contributed by atoms with Crippen LogP contribution in [0.2, 0.25) is 0 Å². The van der Waals surface area contributed by atoms with Crippen molar-refractivity contribution in [2.24, 2.45) is 0 Å². The molecule has 0 bridgehead atoms. The molecular weight excluding hydrogens is 208 g/mol. The molecule has 16 heavy (non-hydrogen) atoms. The Bertz CT molecular complexity index is 330. The number of rotatable bonds is 4. The predicted octanol–water partition coefficient (Wildman–Crippen LogP) is 0.211. The van der Waals surface area contributed by atoms with Crippen LogP contribution < -0.4 is 10.6 Å². The van der Waals surface area contributed by atoms with Crippen LogP contribution in [0.4, 0.5) is 0 Å². The highest BCUT2D eigenvalue weighted by atomic mass is 16.5. The van der Waals surface area contributed by atoms with Gasteiger partial charge in [0.2, 0.25) is 0 Å². The van der Waals surface area contributed by atoms with Gasteiger partial charge in [0.15, 0.2) is 0 Å². The first-order valence-electron chi connectivity index (χ1n) is 5.50. The second kappa shape index (κ2) is 5.03. The first-order valence-corrected chi connectivity index (χ1v) is 5.50. The number of hydrogen-bond donors (Lipinski definition) is 3. The molecule has 5 nitrogen and oxygen atoms in total. The van der Waals surface area contributed by atoms with Crippen LogP contribution in [-0.2, 0) is 9.53 Å². The van der Waals surface area contributed by atoms with Crippen LogP contribution in [0, 0.1) is 0 Å². The molecule has 0 spiro atoms. The van der Waals surface area contributed by atoms with Gasteiger partial charge in [0.1, 0.15) is 0 Å². The molecular formula is C11H16N2O3. The van der Waals surface area contributed by atoms with E-state index in [9.17, 15) is 4.79 Å². The van der Waals surface area contributed by atoms with Crippen molar-refractivity contribution in [2.75, 3.05) is 19.7 Å². The van der Waals surface area contributed by atoms with Crippen molar-refractivity contribution in [1.29, 1.82) is 0 Å².